The van der Waals surface area contributed by atoms with Gasteiger partial charge in [-0.3, -0.25) is 5.43 Å². The monoisotopic (exact) mass is 361 g/mol. The number of morpholine rings is 1. The smallest absolute Gasteiger partial charge is 0.370 e. The molecular formula is C15H20F3N4OS+. The summed E-state index contributed by atoms with van der Waals surface area (Å²) in [5.41, 5.74) is 2.24. The summed E-state index contributed by atoms with van der Waals surface area (Å²) in [6.07, 6.45) is -3.06. The number of hydrogen-bond acceptors (Lipinski definition) is 3. The summed E-state index contributed by atoms with van der Waals surface area (Å²) in [7, 11) is 0. The van der Waals surface area contributed by atoms with Gasteiger partial charge < -0.3 is 15.0 Å². The van der Waals surface area contributed by atoms with Gasteiger partial charge in [-0.25, -0.2) is 0 Å². The van der Waals surface area contributed by atoms with Crippen molar-refractivity contribution in [1.82, 2.24) is 10.7 Å². The third-order valence-corrected chi connectivity index (χ3v) is 3.79. The molecule has 0 aromatic heterocycles. The van der Waals surface area contributed by atoms with Crippen LogP contribution in [0.2, 0.25) is 0 Å². The van der Waals surface area contributed by atoms with Crippen molar-refractivity contribution in [3.8, 4) is 0 Å². The molecule has 0 amide bonds. The van der Waals surface area contributed by atoms with Gasteiger partial charge in [0.1, 0.15) is 13.1 Å². The van der Waals surface area contributed by atoms with E-state index in [1.165, 1.54) is 17.2 Å². The molecule has 3 N–H and O–H groups in total. The van der Waals surface area contributed by atoms with E-state index in [1.54, 1.807) is 6.07 Å². The number of benzene rings is 1. The van der Waals surface area contributed by atoms with Crippen molar-refractivity contribution < 1.29 is 22.8 Å². The first-order valence-electron chi connectivity index (χ1n) is 7.60. The van der Waals surface area contributed by atoms with Crippen LogP contribution in [-0.4, -0.2) is 50.7 Å². The molecule has 0 saturated carbocycles. The Bertz CT molecular complexity index is 574. The van der Waals surface area contributed by atoms with Crippen molar-refractivity contribution in [3.63, 3.8) is 0 Å². The van der Waals surface area contributed by atoms with Crippen LogP contribution in [-0.2, 0) is 10.9 Å². The van der Waals surface area contributed by atoms with Crippen molar-refractivity contribution in [2.45, 2.75) is 6.18 Å². The fourth-order valence-electron chi connectivity index (χ4n) is 2.26. The van der Waals surface area contributed by atoms with Gasteiger partial charge in [0, 0.05) is 0 Å². The van der Waals surface area contributed by atoms with E-state index in [1.807, 2.05) is 0 Å². The Hall–Kier alpha value is -1.71. The molecule has 1 aromatic rings. The standard InChI is InChI=1S/C15H19F3N4OS/c16-15(17,18)13-3-1-2-12(10-13)11-20-21-14(24)19-4-5-22-6-8-23-9-7-22/h1-3,10-11H,4-9H2,(H2,19,21,24)/p+1/b20-11-. The number of rotatable bonds is 5. The molecule has 1 fully saturated rings. The zero-order valence-corrected chi connectivity index (χ0v) is 13.8. The van der Waals surface area contributed by atoms with Crippen molar-refractivity contribution >= 4 is 23.5 Å². The van der Waals surface area contributed by atoms with E-state index in [-0.39, 0.29) is 0 Å². The summed E-state index contributed by atoms with van der Waals surface area (Å²) in [5.74, 6) is 0. The molecule has 0 spiro atoms. The molecule has 1 aliphatic heterocycles. The highest BCUT2D eigenvalue weighted by atomic mass is 32.1. The minimum absolute atomic E-state index is 0.339. The van der Waals surface area contributed by atoms with Crippen LogP contribution >= 0.6 is 12.2 Å². The molecule has 0 atom stereocenters. The quantitative estimate of drug-likeness (QED) is 0.404. The summed E-state index contributed by atoms with van der Waals surface area (Å²) in [6.45, 7) is 5.13. The van der Waals surface area contributed by atoms with Gasteiger partial charge in [-0.1, -0.05) is 12.1 Å². The zero-order valence-electron chi connectivity index (χ0n) is 13.0. The van der Waals surface area contributed by atoms with E-state index in [2.05, 4.69) is 15.8 Å². The van der Waals surface area contributed by atoms with Crippen LogP contribution < -0.4 is 15.6 Å². The minimum Gasteiger partial charge on any atom is -0.370 e. The Morgan fingerprint density at radius 1 is 1.33 bits per heavy atom. The van der Waals surface area contributed by atoms with Gasteiger partial charge in [0.2, 0.25) is 0 Å². The Balaban J connectivity index is 1.72. The highest BCUT2D eigenvalue weighted by Gasteiger charge is 2.30. The maximum absolute atomic E-state index is 12.6. The van der Waals surface area contributed by atoms with Gasteiger partial charge in [-0.15, -0.1) is 0 Å². The molecule has 9 heteroatoms. The van der Waals surface area contributed by atoms with Crippen molar-refractivity contribution in [1.29, 1.82) is 0 Å². The molecule has 0 unspecified atom stereocenters. The maximum Gasteiger partial charge on any atom is 0.416 e. The molecular weight excluding hydrogens is 341 g/mol. The van der Waals surface area contributed by atoms with Gasteiger partial charge >= 0.3 is 6.18 Å². The van der Waals surface area contributed by atoms with Crippen LogP contribution in [0.15, 0.2) is 29.4 Å². The molecule has 0 aliphatic carbocycles. The van der Waals surface area contributed by atoms with E-state index >= 15 is 0 Å². The minimum atomic E-state index is -4.37. The number of alkyl halides is 3. The number of halogens is 3. The fourth-order valence-corrected chi connectivity index (χ4v) is 2.42. The Morgan fingerprint density at radius 2 is 2.08 bits per heavy atom. The fraction of sp³-hybridized carbons (Fsp3) is 0.467. The van der Waals surface area contributed by atoms with Crippen molar-refractivity contribution in [2.24, 2.45) is 5.10 Å². The molecule has 132 valence electrons. The topological polar surface area (TPSA) is 50.1 Å². The number of ether oxygens (including phenoxy) is 1. The van der Waals surface area contributed by atoms with Gasteiger partial charge in [0.25, 0.3) is 0 Å². The Labute approximate surface area is 143 Å². The largest absolute Gasteiger partial charge is 0.416 e. The molecule has 5 nitrogen and oxygen atoms in total. The lowest BCUT2D eigenvalue weighted by Gasteiger charge is -2.23. The van der Waals surface area contributed by atoms with E-state index in [9.17, 15) is 13.2 Å². The lowest BCUT2D eigenvalue weighted by Crippen LogP contribution is -3.14. The van der Waals surface area contributed by atoms with Gasteiger partial charge in [-0.2, -0.15) is 18.3 Å². The Kier molecular flexibility index (Phi) is 6.95. The highest BCUT2D eigenvalue weighted by Crippen LogP contribution is 2.29. The third-order valence-electron chi connectivity index (χ3n) is 3.56. The van der Waals surface area contributed by atoms with Gasteiger partial charge in [-0.05, 0) is 29.9 Å². The molecule has 0 bridgehead atoms. The number of thiocarbonyl (C=S) groups is 1. The lowest BCUT2D eigenvalue weighted by molar-refractivity contribution is -0.906. The summed E-state index contributed by atoms with van der Waals surface area (Å²) >= 11 is 5.07. The number of hydrogen-bond donors (Lipinski definition) is 3. The van der Waals surface area contributed by atoms with E-state index in [0.717, 1.165) is 45.0 Å². The second kappa shape index (κ2) is 8.95. The van der Waals surface area contributed by atoms with Gasteiger partial charge in [0.05, 0.1) is 38.1 Å². The summed E-state index contributed by atoms with van der Waals surface area (Å²) < 4.78 is 43.1. The van der Waals surface area contributed by atoms with E-state index < -0.39 is 11.7 Å². The maximum atomic E-state index is 12.6. The van der Waals surface area contributed by atoms with Crippen LogP contribution in [0.25, 0.3) is 0 Å². The normalized spacial score (nSPS) is 16.3. The van der Waals surface area contributed by atoms with Crippen LogP contribution in [0.1, 0.15) is 11.1 Å². The second-order valence-electron chi connectivity index (χ2n) is 5.36. The summed E-state index contributed by atoms with van der Waals surface area (Å²) in [5, 5.41) is 7.21. The molecule has 1 aliphatic rings. The second-order valence-corrected chi connectivity index (χ2v) is 5.77. The van der Waals surface area contributed by atoms with Crippen molar-refractivity contribution in [2.75, 3.05) is 39.4 Å². The predicted molar refractivity (Wildman–Crippen MR) is 89.2 cm³/mol. The van der Waals surface area contributed by atoms with Crippen LogP contribution in [0, 0.1) is 0 Å². The highest BCUT2D eigenvalue weighted by molar-refractivity contribution is 7.80. The molecule has 24 heavy (non-hydrogen) atoms. The van der Waals surface area contributed by atoms with Crippen LogP contribution in [0.3, 0.4) is 0 Å². The van der Waals surface area contributed by atoms with E-state index in [0.29, 0.717) is 17.2 Å². The Morgan fingerprint density at radius 3 is 2.79 bits per heavy atom. The molecule has 2 rings (SSSR count). The third kappa shape index (κ3) is 6.42. The zero-order chi connectivity index (χ0) is 17.4. The number of hydrazone groups is 1. The van der Waals surface area contributed by atoms with Crippen molar-refractivity contribution in [3.05, 3.63) is 35.4 Å². The molecule has 1 saturated heterocycles. The van der Waals surface area contributed by atoms with Crippen LogP contribution in [0.5, 0.6) is 0 Å². The average Bonchev–Trinajstić information content (AvgIpc) is 2.55. The summed E-state index contributed by atoms with van der Waals surface area (Å²) in [4.78, 5) is 1.45. The van der Waals surface area contributed by atoms with E-state index in [4.69, 9.17) is 17.0 Å². The number of nitrogens with one attached hydrogen (secondary N) is 3. The predicted octanol–water partition coefficient (Wildman–Crippen LogP) is 0.419. The first-order chi connectivity index (χ1) is 11.4. The molecule has 1 aromatic carbocycles. The first-order valence-corrected chi connectivity index (χ1v) is 8.01. The average molecular weight is 361 g/mol. The lowest BCUT2D eigenvalue weighted by atomic mass is 10.1. The first kappa shape index (κ1) is 18.6. The summed E-state index contributed by atoms with van der Waals surface area (Å²) in [6, 6.07) is 4.93. The SMILES string of the molecule is FC(F)(F)c1cccc(/C=N\NC(=S)NCC[NH+]2CCOCC2)c1. The molecule has 1 heterocycles. The number of quaternary nitrogens is 1. The van der Waals surface area contributed by atoms with Gasteiger partial charge in [0.15, 0.2) is 5.11 Å². The molecule has 0 radical (unpaired) electrons. The van der Waals surface area contributed by atoms with Crippen LogP contribution in [0.4, 0.5) is 13.2 Å². The number of nitrogens with zero attached hydrogens (tertiary/aromatic N) is 1.